The van der Waals surface area contributed by atoms with E-state index in [1.54, 1.807) is 12.4 Å². The van der Waals surface area contributed by atoms with Gasteiger partial charge in [0.15, 0.2) is 5.96 Å². The second-order valence-electron chi connectivity index (χ2n) is 6.93. The zero-order valence-electron chi connectivity index (χ0n) is 16.5. The van der Waals surface area contributed by atoms with Crippen LogP contribution in [0.4, 0.5) is 5.95 Å². The molecule has 1 aromatic heterocycles. The minimum atomic E-state index is 0.776. The first kappa shape index (κ1) is 19.1. The summed E-state index contributed by atoms with van der Waals surface area (Å²) in [4.78, 5) is 19.9. The van der Waals surface area contributed by atoms with Crippen LogP contribution >= 0.6 is 0 Å². The van der Waals surface area contributed by atoms with Gasteiger partial charge in [-0.05, 0) is 31.3 Å². The highest BCUT2D eigenvalue weighted by Crippen LogP contribution is 2.12. The molecule has 1 saturated heterocycles. The fraction of sp³-hybridized carbons (Fsp3) is 0.450. The minimum absolute atomic E-state index is 0.776. The van der Waals surface area contributed by atoms with Crippen molar-refractivity contribution in [2.45, 2.75) is 13.1 Å². The van der Waals surface area contributed by atoms with Crippen LogP contribution in [0.25, 0.3) is 0 Å². The molecule has 1 aliphatic rings. The Hall–Kier alpha value is -2.67. The van der Waals surface area contributed by atoms with Crippen molar-refractivity contribution in [3.05, 3.63) is 53.9 Å². The molecule has 1 fully saturated rings. The van der Waals surface area contributed by atoms with Crippen LogP contribution in [0.3, 0.4) is 0 Å². The molecule has 0 atom stereocenters. The van der Waals surface area contributed by atoms with E-state index in [0.717, 1.165) is 51.2 Å². The van der Waals surface area contributed by atoms with Crippen molar-refractivity contribution in [1.29, 1.82) is 0 Å². The van der Waals surface area contributed by atoms with Crippen LogP contribution in [0.15, 0.2) is 47.7 Å². The number of hydrogen-bond donors (Lipinski definition) is 1. The molecular weight excluding hydrogens is 338 g/mol. The number of nitrogens with zero attached hydrogens (tertiary/aromatic N) is 6. The molecule has 0 spiro atoms. The molecule has 1 aliphatic heterocycles. The number of guanidine groups is 1. The molecule has 0 saturated carbocycles. The lowest BCUT2D eigenvalue weighted by atomic mass is 10.1. The van der Waals surface area contributed by atoms with Crippen LogP contribution in [0.2, 0.25) is 0 Å². The molecule has 3 rings (SSSR count). The lowest BCUT2D eigenvalue weighted by Gasteiger charge is -2.36. The monoisotopic (exact) mass is 367 g/mol. The average Bonchev–Trinajstić information content (AvgIpc) is 2.70. The van der Waals surface area contributed by atoms with Gasteiger partial charge in [0.25, 0.3) is 0 Å². The standard InChI is InChI=1S/C20H29N7/c1-21-19(24-15-17-7-4-5-8-18(17)16-25(2)3)26-11-13-27(14-12-26)20-22-9-6-10-23-20/h4-10H,11-16H2,1-3H3,(H,21,24). The van der Waals surface area contributed by atoms with E-state index in [2.05, 4.69) is 73.3 Å². The van der Waals surface area contributed by atoms with Crippen LogP contribution < -0.4 is 10.2 Å². The highest BCUT2D eigenvalue weighted by Gasteiger charge is 2.21. The number of hydrogen-bond acceptors (Lipinski definition) is 5. The van der Waals surface area contributed by atoms with Gasteiger partial charge in [-0.3, -0.25) is 4.99 Å². The van der Waals surface area contributed by atoms with Crippen LogP contribution in [0, 0.1) is 0 Å². The fourth-order valence-corrected chi connectivity index (χ4v) is 3.30. The van der Waals surface area contributed by atoms with E-state index in [9.17, 15) is 0 Å². The van der Waals surface area contributed by atoms with Gasteiger partial charge in [-0.25, -0.2) is 9.97 Å². The van der Waals surface area contributed by atoms with Gasteiger partial charge >= 0.3 is 0 Å². The Balaban J connectivity index is 1.56. The van der Waals surface area contributed by atoms with Crippen molar-refractivity contribution in [2.24, 2.45) is 4.99 Å². The lowest BCUT2D eigenvalue weighted by molar-refractivity contribution is 0.369. The molecule has 0 aliphatic carbocycles. The molecule has 7 nitrogen and oxygen atoms in total. The number of benzene rings is 1. The van der Waals surface area contributed by atoms with Crippen LogP contribution in [-0.2, 0) is 13.1 Å². The Morgan fingerprint density at radius 3 is 2.33 bits per heavy atom. The fourth-order valence-electron chi connectivity index (χ4n) is 3.30. The molecule has 1 aromatic carbocycles. The Morgan fingerprint density at radius 1 is 1.04 bits per heavy atom. The zero-order valence-corrected chi connectivity index (χ0v) is 16.5. The molecular formula is C20H29N7. The molecule has 1 N–H and O–H groups in total. The van der Waals surface area contributed by atoms with E-state index >= 15 is 0 Å². The normalized spacial score (nSPS) is 15.3. The first-order valence-corrected chi connectivity index (χ1v) is 9.36. The molecule has 7 heteroatoms. The second-order valence-corrected chi connectivity index (χ2v) is 6.93. The Bertz CT molecular complexity index is 737. The smallest absolute Gasteiger partial charge is 0.225 e. The maximum Gasteiger partial charge on any atom is 0.225 e. The maximum atomic E-state index is 4.49. The summed E-state index contributed by atoms with van der Waals surface area (Å²) in [6.07, 6.45) is 3.58. The third-order valence-electron chi connectivity index (χ3n) is 4.67. The topological polar surface area (TPSA) is 59.9 Å². The van der Waals surface area contributed by atoms with Gasteiger partial charge in [0, 0.05) is 58.7 Å². The van der Waals surface area contributed by atoms with E-state index in [4.69, 9.17) is 0 Å². The number of aromatic nitrogens is 2. The van der Waals surface area contributed by atoms with Gasteiger partial charge in [-0.15, -0.1) is 0 Å². The second kappa shape index (κ2) is 9.32. The molecule has 0 unspecified atom stereocenters. The number of piperazine rings is 1. The Kier molecular flexibility index (Phi) is 6.59. The van der Waals surface area contributed by atoms with E-state index in [1.807, 2.05) is 13.1 Å². The van der Waals surface area contributed by atoms with Crippen molar-refractivity contribution in [3.63, 3.8) is 0 Å². The highest BCUT2D eigenvalue weighted by molar-refractivity contribution is 5.80. The summed E-state index contributed by atoms with van der Waals surface area (Å²) in [6.45, 7) is 5.29. The molecule has 0 amide bonds. The maximum absolute atomic E-state index is 4.49. The third kappa shape index (κ3) is 5.17. The minimum Gasteiger partial charge on any atom is -0.352 e. The SMILES string of the molecule is CN=C(NCc1ccccc1CN(C)C)N1CCN(c2ncccn2)CC1. The van der Waals surface area contributed by atoms with E-state index in [1.165, 1.54) is 11.1 Å². The van der Waals surface area contributed by atoms with E-state index in [0.29, 0.717) is 0 Å². The first-order valence-electron chi connectivity index (χ1n) is 9.36. The van der Waals surface area contributed by atoms with Crippen LogP contribution in [0.5, 0.6) is 0 Å². The van der Waals surface area contributed by atoms with Gasteiger partial charge < -0.3 is 20.0 Å². The quantitative estimate of drug-likeness (QED) is 0.637. The number of aliphatic imine (C=N–C) groups is 1. The molecule has 0 radical (unpaired) electrons. The summed E-state index contributed by atoms with van der Waals surface area (Å²) in [5, 5.41) is 3.53. The van der Waals surface area contributed by atoms with E-state index < -0.39 is 0 Å². The number of nitrogens with one attached hydrogen (secondary N) is 1. The Labute approximate surface area is 161 Å². The van der Waals surface area contributed by atoms with Gasteiger partial charge in [0.1, 0.15) is 0 Å². The molecule has 2 aromatic rings. The first-order chi connectivity index (χ1) is 13.2. The van der Waals surface area contributed by atoms with Gasteiger partial charge in [-0.1, -0.05) is 24.3 Å². The summed E-state index contributed by atoms with van der Waals surface area (Å²) in [7, 11) is 6.04. The summed E-state index contributed by atoms with van der Waals surface area (Å²) >= 11 is 0. The van der Waals surface area contributed by atoms with Gasteiger partial charge in [0.05, 0.1) is 0 Å². The predicted molar refractivity (Wildman–Crippen MR) is 110 cm³/mol. The predicted octanol–water partition coefficient (Wildman–Crippen LogP) is 1.44. The molecule has 27 heavy (non-hydrogen) atoms. The third-order valence-corrected chi connectivity index (χ3v) is 4.67. The van der Waals surface area contributed by atoms with Crippen molar-refractivity contribution >= 4 is 11.9 Å². The zero-order chi connectivity index (χ0) is 19.1. The van der Waals surface area contributed by atoms with Crippen LogP contribution in [-0.4, -0.2) is 73.0 Å². The number of rotatable bonds is 5. The Morgan fingerprint density at radius 2 is 1.70 bits per heavy atom. The van der Waals surface area contributed by atoms with Crippen molar-refractivity contribution < 1.29 is 0 Å². The van der Waals surface area contributed by atoms with Gasteiger partial charge in [-0.2, -0.15) is 0 Å². The summed E-state index contributed by atoms with van der Waals surface area (Å²) < 4.78 is 0. The molecule has 144 valence electrons. The van der Waals surface area contributed by atoms with Crippen molar-refractivity contribution in [2.75, 3.05) is 52.2 Å². The van der Waals surface area contributed by atoms with Crippen molar-refractivity contribution in [3.8, 4) is 0 Å². The van der Waals surface area contributed by atoms with Crippen molar-refractivity contribution in [1.82, 2.24) is 25.1 Å². The summed E-state index contributed by atoms with van der Waals surface area (Å²) in [5.74, 6) is 1.75. The molecule has 0 bridgehead atoms. The van der Waals surface area contributed by atoms with E-state index in [-0.39, 0.29) is 0 Å². The average molecular weight is 368 g/mol. The highest BCUT2D eigenvalue weighted by atomic mass is 15.4. The number of anilines is 1. The van der Waals surface area contributed by atoms with Gasteiger partial charge in [0.2, 0.25) is 5.95 Å². The van der Waals surface area contributed by atoms with Crippen LogP contribution in [0.1, 0.15) is 11.1 Å². The largest absolute Gasteiger partial charge is 0.352 e. The summed E-state index contributed by atoms with van der Waals surface area (Å²) in [5.41, 5.74) is 2.65. The lowest BCUT2D eigenvalue weighted by Crippen LogP contribution is -2.52. The summed E-state index contributed by atoms with van der Waals surface area (Å²) in [6, 6.07) is 10.4. The molecule has 2 heterocycles.